The number of aromatic nitrogens is 2. The van der Waals surface area contributed by atoms with E-state index in [0.717, 1.165) is 0 Å². The first-order valence-electron chi connectivity index (χ1n) is 5.09. The highest BCUT2D eigenvalue weighted by molar-refractivity contribution is 7.98. The SMILES string of the molecule is NC(CSCc1nc(-c2ccco2)no1)C(=O)O. The molecule has 0 aliphatic rings. The Labute approximate surface area is 106 Å². The third-order valence-corrected chi connectivity index (χ3v) is 3.10. The van der Waals surface area contributed by atoms with Gasteiger partial charge in [-0.3, -0.25) is 4.79 Å². The summed E-state index contributed by atoms with van der Waals surface area (Å²) in [6, 6.07) is 2.57. The molecular weight excluding hydrogens is 258 g/mol. The van der Waals surface area contributed by atoms with Gasteiger partial charge in [0.05, 0.1) is 12.0 Å². The first-order valence-corrected chi connectivity index (χ1v) is 6.25. The lowest BCUT2D eigenvalue weighted by Crippen LogP contribution is -2.32. The first kappa shape index (κ1) is 12.7. The van der Waals surface area contributed by atoms with Gasteiger partial charge in [-0.15, -0.1) is 11.8 Å². The van der Waals surface area contributed by atoms with Gasteiger partial charge < -0.3 is 19.8 Å². The highest BCUT2D eigenvalue weighted by atomic mass is 32.2. The fourth-order valence-corrected chi connectivity index (χ4v) is 1.97. The number of hydrogen-bond donors (Lipinski definition) is 2. The smallest absolute Gasteiger partial charge is 0.321 e. The van der Waals surface area contributed by atoms with Crippen LogP contribution < -0.4 is 5.73 Å². The molecule has 0 aromatic carbocycles. The molecule has 0 bridgehead atoms. The number of furan rings is 1. The minimum absolute atomic E-state index is 0.286. The zero-order chi connectivity index (χ0) is 13.0. The minimum atomic E-state index is -1.02. The Kier molecular flexibility index (Phi) is 4.00. The van der Waals surface area contributed by atoms with E-state index in [1.54, 1.807) is 12.1 Å². The Morgan fingerprint density at radius 1 is 1.61 bits per heavy atom. The number of rotatable bonds is 6. The van der Waals surface area contributed by atoms with E-state index in [4.69, 9.17) is 19.8 Å². The van der Waals surface area contributed by atoms with Gasteiger partial charge in [-0.05, 0) is 12.1 Å². The second-order valence-corrected chi connectivity index (χ2v) is 4.48. The van der Waals surface area contributed by atoms with Crippen molar-refractivity contribution in [3.05, 3.63) is 24.3 Å². The Morgan fingerprint density at radius 2 is 2.44 bits per heavy atom. The van der Waals surface area contributed by atoms with Crippen LogP contribution in [0, 0.1) is 0 Å². The molecule has 2 rings (SSSR count). The molecule has 0 spiro atoms. The summed E-state index contributed by atoms with van der Waals surface area (Å²) in [5, 5.41) is 12.4. The molecule has 1 atom stereocenters. The zero-order valence-electron chi connectivity index (χ0n) is 9.28. The molecule has 0 fully saturated rings. The van der Waals surface area contributed by atoms with Crippen LogP contribution in [0.5, 0.6) is 0 Å². The molecule has 0 saturated heterocycles. The van der Waals surface area contributed by atoms with E-state index in [1.165, 1.54) is 18.0 Å². The highest BCUT2D eigenvalue weighted by Gasteiger charge is 2.14. The van der Waals surface area contributed by atoms with Gasteiger partial charge >= 0.3 is 5.97 Å². The fraction of sp³-hybridized carbons (Fsp3) is 0.300. The Balaban J connectivity index is 1.86. The third-order valence-electron chi connectivity index (χ3n) is 2.05. The number of thioether (sulfide) groups is 1. The summed E-state index contributed by atoms with van der Waals surface area (Å²) in [5.74, 6) is 0.978. The number of carbonyl (C=O) groups is 1. The molecule has 0 amide bonds. The van der Waals surface area contributed by atoms with Crippen LogP contribution in [0.25, 0.3) is 11.6 Å². The molecule has 2 heterocycles. The van der Waals surface area contributed by atoms with Crippen LogP contribution in [0.3, 0.4) is 0 Å². The van der Waals surface area contributed by atoms with Crippen LogP contribution in [-0.2, 0) is 10.5 Å². The van der Waals surface area contributed by atoms with Gasteiger partial charge in [-0.25, -0.2) is 0 Å². The average molecular weight is 269 g/mol. The van der Waals surface area contributed by atoms with Crippen molar-refractivity contribution >= 4 is 17.7 Å². The Morgan fingerprint density at radius 3 is 3.11 bits per heavy atom. The van der Waals surface area contributed by atoms with E-state index < -0.39 is 12.0 Å². The van der Waals surface area contributed by atoms with Crippen molar-refractivity contribution in [2.45, 2.75) is 11.8 Å². The molecule has 96 valence electrons. The van der Waals surface area contributed by atoms with Crippen molar-refractivity contribution in [2.24, 2.45) is 5.73 Å². The van der Waals surface area contributed by atoms with Crippen LogP contribution in [0.4, 0.5) is 0 Å². The van der Waals surface area contributed by atoms with Gasteiger partial charge in [0.25, 0.3) is 0 Å². The van der Waals surface area contributed by atoms with Crippen molar-refractivity contribution in [2.75, 3.05) is 5.75 Å². The summed E-state index contributed by atoms with van der Waals surface area (Å²) in [4.78, 5) is 14.6. The maximum atomic E-state index is 10.5. The summed E-state index contributed by atoms with van der Waals surface area (Å²) < 4.78 is 10.1. The van der Waals surface area contributed by atoms with Gasteiger partial charge in [-0.1, -0.05) is 5.16 Å². The topological polar surface area (TPSA) is 115 Å². The molecule has 0 aliphatic heterocycles. The van der Waals surface area contributed by atoms with E-state index in [-0.39, 0.29) is 5.75 Å². The van der Waals surface area contributed by atoms with Crippen molar-refractivity contribution < 1.29 is 18.8 Å². The summed E-state index contributed by atoms with van der Waals surface area (Å²) in [5.41, 5.74) is 5.36. The van der Waals surface area contributed by atoms with Gasteiger partial charge in [0, 0.05) is 5.75 Å². The summed E-state index contributed by atoms with van der Waals surface area (Å²) in [6.07, 6.45) is 1.52. The normalized spacial score (nSPS) is 12.5. The molecule has 0 saturated carbocycles. The van der Waals surface area contributed by atoms with Gasteiger partial charge in [0.2, 0.25) is 11.7 Å². The number of aliphatic carboxylic acids is 1. The van der Waals surface area contributed by atoms with E-state index in [1.807, 2.05) is 0 Å². The number of carboxylic acids is 1. The molecule has 2 aromatic rings. The van der Waals surface area contributed by atoms with Gasteiger partial charge in [-0.2, -0.15) is 4.98 Å². The summed E-state index contributed by atoms with van der Waals surface area (Å²) >= 11 is 1.32. The summed E-state index contributed by atoms with van der Waals surface area (Å²) in [6.45, 7) is 0. The number of nitrogens with zero attached hydrogens (tertiary/aromatic N) is 2. The van der Waals surface area contributed by atoms with Crippen molar-refractivity contribution in [1.29, 1.82) is 0 Å². The lowest BCUT2D eigenvalue weighted by molar-refractivity contribution is -0.137. The number of carboxylic acid groups (broad SMARTS) is 1. The second-order valence-electron chi connectivity index (χ2n) is 3.45. The Bertz CT molecular complexity index is 511. The molecule has 7 nitrogen and oxygen atoms in total. The van der Waals surface area contributed by atoms with E-state index in [9.17, 15) is 4.79 Å². The van der Waals surface area contributed by atoms with Crippen LogP contribution in [0.2, 0.25) is 0 Å². The van der Waals surface area contributed by atoms with E-state index in [2.05, 4.69) is 10.1 Å². The predicted molar refractivity (Wildman–Crippen MR) is 63.8 cm³/mol. The third kappa shape index (κ3) is 3.11. The number of nitrogens with two attached hydrogens (primary N) is 1. The fourth-order valence-electron chi connectivity index (χ4n) is 1.16. The second kappa shape index (κ2) is 5.69. The van der Waals surface area contributed by atoms with Crippen LogP contribution >= 0.6 is 11.8 Å². The molecule has 2 aromatic heterocycles. The Hall–Kier alpha value is -1.80. The molecule has 18 heavy (non-hydrogen) atoms. The van der Waals surface area contributed by atoms with Crippen LogP contribution in [-0.4, -0.2) is 33.0 Å². The first-order chi connectivity index (χ1) is 8.66. The quantitative estimate of drug-likeness (QED) is 0.797. The molecule has 1 unspecified atom stereocenters. The molecule has 3 N–H and O–H groups in total. The monoisotopic (exact) mass is 269 g/mol. The average Bonchev–Trinajstić information content (AvgIpc) is 2.98. The van der Waals surface area contributed by atoms with E-state index >= 15 is 0 Å². The lowest BCUT2D eigenvalue weighted by atomic mass is 10.4. The lowest BCUT2D eigenvalue weighted by Gasteiger charge is -2.03. The van der Waals surface area contributed by atoms with Crippen molar-refractivity contribution in [1.82, 2.24) is 10.1 Å². The van der Waals surface area contributed by atoms with Crippen molar-refractivity contribution in [3.63, 3.8) is 0 Å². The number of hydrogen-bond acceptors (Lipinski definition) is 7. The van der Waals surface area contributed by atoms with E-state index in [0.29, 0.717) is 23.2 Å². The molecule has 0 radical (unpaired) electrons. The van der Waals surface area contributed by atoms with Gasteiger partial charge in [0.1, 0.15) is 6.04 Å². The van der Waals surface area contributed by atoms with Gasteiger partial charge in [0.15, 0.2) is 5.76 Å². The summed E-state index contributed by atoms with van der Waals surface area (Å²) in [7, 11) is 0. The molecule has 0 aliphatic carbocycles. The predicted octanol–water partition coefficient (Wildman–Crippen LogP) is 0.975. The van der Waals surface area contributed by atoms with Crippen molar-refractivity contribution in [3.8, 4) is 11.6 Å². The maximum absolute atomic E-state index is 10.5. The van der Waals surface area contributed by atoms with Crippen LogP contribution in [0.15, 0.2) is 27.3 Å². The maximum Gasteiger partial charge on any atom is 0.321 e. The largest absolute Gasteiger partial charge is 0.480 e. The molecular formula is C10H11N3O4S. The minimum Gasteiger partial charge on any atom is -0.480 e. The zero-order valence-corrected chi connectivity index (χ0v) is 10.1. The highest BCUT2D eigenvalue weighted by Crippen LogP contribution is 2.18. The van der Waals surface area contributed by atoms with Crippen LogP contribution in [0.1, 0.15) is 5.89 Å². The molecule has 8 heteroatoms. The standard InChI is InChI=1S/C10H11N3O4S/c11-6(10(14)15)4-18-5-8-12-9(13-17-8)7-2-1-3-16-7/h1-3,6H,4-5,11H2,(H,14,15).